The molecule has 0 unspecified atom stereocenters. The predicted octanol–water partition coefficient (Wildman–Crippen LogP) is 1.63. The number of carbonyl (C=O) groups is 1. The molecule has 0 fully saturated rings. The molecule has 28 heavy (non-hydrogen) atoms. The standard InChI is InChI=1S/C17H19FN2O6S2/c1-3-27(23,24)12-8-9-15(21)14(10-12)19-17(22)11(2)20-28(25,26)16-7-5-4-6-13(16)18/h4-11,20-21H,3H2,1-2H3,(H,19,22)/t11-/m0/s1. The van der Waals surface area contributed by atoms with Gasteiger partial charge in [-0.15, -0.1) is 0 Å². The van der Waals surface area contributed by atoms with E-state index in [1.165, 1.54) is 32.0 Å². The number of phenolic OH excluding ortho intramolecular Hbond substituents is 1. The van der Waals surface area contributed by atoms with Crippen LogP contribution in [0, 0.1) is 5.82 Å². The topological polar surface area (TPSA) is 130 Å². The van der Waals surface area contributed by atoms with E-state index >= 15 is 0 Å². The van der Waals surface area contributed by atoms with E-state index in [9.17, 15) is 31.1 Å². The minimum Gasteiger partial charge on any atom is -0.506 e. The Morgan fingerprint density at radius 3 is 2.39 bits per heavy atom. The number of nitrogens with one attached hydrogen (secondary N) is 2. The number of halogens is 1. The maximum atomic E-state index is 13.7. The van der Waals surface area contributed by atoms with E-state index in [-0.39, 0.29) is 16.3 Å². The number of hydrogen-bond acceptors (Lipinski definition) is 6. The fourth-order valence-corrected chi connectivity index (χ4v) is 4.42. The average molecular weight is 430 g/mol. The summed E-state index contributed by atoms with van der Waals surface area (Å²) < 4.78 is 64.1. The van der Waals surface area contributed by atoms with Gasteiger partial charge in [-0.25, -0.2) is 21.2 Å². The molecule has 0 saturated heterocycles. The largest absolute Gasteiger partial charge is 0.506 e. The molecule has 0 heterocycles. The molecule has 0 bridgehead atoms. The summed E-state index contributed by atoms with van der Waals surface area (Å²) in [6.07, 6.45) is 0. The molecule has 0 saturated carbocycles. The van der Waals surface area contributed by atoms with Crippen molar-refractivity contribution in [1.82, 2.24) is 4.72 Å². The van der Waals surface area contributed by atoms with E-state index in [2.05, 4.69) is 5.32 Å². The van der Waals surface area contributed by atoms with Gasteiger partial charge in [-0.05, 0) is 37.3 Å². The van der Waals surface area contributed by atoms with Crippen LogP contribution in [0.15, 0.2) is 52.3 Å². The van der Waals surface area contributed by atoms with Crippen LogP contribution in [-0.4, -0.2) is 39.6 Å². The second-order valence-corrected chi connectivity index (χ2v) is 9.81. The lowest BCUT2D eigenvalue weighted by Crippen LogP contribution is -2.41. The van der Waals surface area contributed by atoms with Crippen LogP contribution >= 0.6 is 0 Å². The molecule has 0 spiro atoms. The van der Waals surface area contributed by atoms with Crippen LogP contribution in [0.3, 0.4) is 0 Å². The first-order valence-electron chi connectivity index (χ1n) is 8.11. The van der Waals surface area contributed by atoms with Crippen molar-refractivity contribution in [3.63, 3.8) is 0 Å². The molecule has 0 aliphatic rings. The molecular formula is C17H19FN2O6S2. The number of anilines is 1. The normalized spacial score (nSPS) is 13.1. The Morgan fingerprint density at radius 2 is 1.79 bits per heavy atom. The van der Waals surface area contributed by atoms with Crippen molar-refractivity contribution >= 4 is 31.5 Å². The van der Waals surface area contributed by atoms with Crippen molar-refractivity contribution < 1.29 is 31.1 Å². The van der Waals surface area contributed by atoms with Gasteiger partial charge in [-0.1, -0.05) is 19.1 Å². The van der Waals surface area contributed by atoms with Gasteiger partial charge in [0.2, 0.25) is 15.9 Å². The molecule has 8 nitrogen and oxygen atoms in total. The van der Waals surface area contributed by atoms with Crippen molar-refractivity contribution in [3.8, 4) is 5.75 Å². The highest BCUT2D eigenvalue weighted by molar-refractivity contribution is 7.91. The molecule has 0 aromatic heterocycles. The second kappa shape index (κ2) is 8.25. The van der Waals surface area contributed by atoms with Gasteiger partial charge in [0.05, 0.1) is 22.4 Å². The number of phenols is 1. The summed E-state index contributed by atoms with van der Waals surface area (Å²) >= 11 is 0. The Balaban J connectivity index is 2.21. The third-order valence-corrected chi connectivity index (χ3v) is 7.12. The highest BCUT2D eigenvalue weighted by Gasteiger charge is 2.25. The first-order chi connectivity index (χ1) is 13.0. The first kappa shape index (κ1) is 21.8. The van der Waals surface area contributed by atoms with Crippen molar-refractivity contribution in [3.05, 3.63) is 48.3 Å². The Kier molecular flexibility index (Phi) is 6.42. The Bertz CT molecular complexity index is 1100. The van der Waals surface area contributed by atoms with Gasteiger partial charge in [0.25, 0.3) is 0 Å². The number of sulfone groups is 1. The molecule has 0 radical (unpaired) electrons. The maximum Gasteiger partial charge on any atom is 0.244 e. The van der Waals surface area contributed by atoms with Gasteiger partial charge >= 0.3 is 0 Å². The zero-order chi connectivity index (χ0) is 21.1. The van der Waals surface area contributed by atoms with Crippen molar-refractivity contribution in [2.45, 2.75) is 29.7 Å². The molecular weight excluding hydrogens is 411 g/mol. The van der Waals surface area contributed by atoms with Gasteiger partial charge in [0.1, 0.15) is 16.5 Å². The Hall–Kier alpha value is -2.50. The van der Waals surface area contributed by atoms with E-state index in [1.54, 1.807) is 0 Å². The molecule has 1 amide bonds. The van der Waals surface area contributed by atoms with E-state index in [0.717, 1.165) is 24.3 Å². The Labute approximate surface area is 162 Å². The number of amides is 1. The van der Waals surface area contributed by atoms with Crippen LogP contribution < -0.4 is 10.0 Å². The van der Waals surface area contributed by atoms with Gasteiger partial charge in [0, 0.05) is 0 Å². The third kappa shape index (κ3) is 4.86. The van der Waals surface area contributed by atoms with Crippen molar-refractivity contribution in [2.24, 2.45) is 0 Å². The third-order valence-electron chi connectivity index (χ3n) is 3.82. The summed E-state index contributed by atoms with van der Waals surface area (Å²) in [4.78, 5) is 11.6. The number of benzene rings is 2. The summed E-state index contributed by atoms with van der Waals surface area (Å²) in [7, 11) is -7.90. The SMILES string of the molecule is CCS(=O)(=O)c1ccc(O)c(NC(=O)[C@H](C)NS(=O)(=O)c2ccccc2F)c1. The quantitative estimate of drug-likeness (QED) is 0.573. The highest BCUT2D eigenvalue weighted by atomic mass is 32.2. The van der Waals surface area contributed by atoms with E-state index in [1.807, 2.05) is 4.72 Å². The summed E-state index contributed by atoms with van der Waals surface area (Å²) in [5.74, 6) is -2.42. The van der Waals surface area contributed by atoms with Gasteiger partial charge in [-0.3, -0.25) is 4.79 Å². The smallest absolute Gasteiger partial charge is 0.244 e. The van der Waals surface area contributed by atoms with Crippen LogP contribution in [0.5, 0.6) is 5.75 Å². The average Bonchev–Trinajstić information content (AvgIpc) is 2.63. The summed E-state index contributed by atoms with van der Waals surface area (Å²) in [5, 5.41) is 12.1. The van der Waals surface area contributed by atoms with E-state index < -0.39 is 48.3 Å². The minimum absolute atomic E-state index is 0.109. The summed E-state index contributed by atoms with van der Waals surface area (Å²) in [6.45, 7) is 2.66. The van der Waals surface area contributed by atoms with Gasteiger partial charge in [-0.2, -0.15) is 4.72 Å². The molecule has 2 aromatic carbocycles. The zero-order valence-corrected chi connectivity index (χ0v) is 16.6. The summed E-state index contributed by atoms with van der Waals surface area (Å²) in [5.41, 5.74) is -0.198. The number of aromatic hydroxyl groups is 1. The van der Waals surface area contributed by atoms with Crippen molar-refractivity contribution in [2.75, 3.05) is 11.1 Å². The molecule has 0 aliphatic carbocycles. The van der Waals surface area contributed by atoms with Gasteiger partial charge in [0.15, 0.2) is 9.84 Å². The lowest BCUT2D eigenvalue weighted by Gasteiger charge is -2.16. The molecule has 1 atom stereocenters. The molecule has 11 heteroatoms. The van der Waals surface area contributed by atoms with Crippen LogP contribution in [-0.2, 0) is 24.7 Å². The number of sulfonamides is 1. The molecule has 3 N–H and O–H groups in total. The van der Waals surface area contributed by atoms with Crippen LogP contribution in [0.4, 0.5) is 10.1 Å². The number of hydrogen-bond donors (Lipinski definition) is 3. The zero-order valence-electron chi connectivity index (χ0n) is 15.0. The van der Waals surface area contributed by atoms with E-state index in [0.29, 0.717) is 0 Å². The minimum atomic E-state index is -4.32. The fourth-order valence-electron chi connectivity index (χ4n) is 2.23. The maximum absolute atomic E-state index is 13.7. The van der Waals surface area contributed by atoms with Crippen LogP contribution in [0.1, 0.15) is 13.8 Å². The van der Waals surface area contributed by atoms with Gasteiger partial charge < -0.3 is 10.4 Å². The Morgan fingerprint density at radius 1 is 1.14 bits per heavy atom. The molecule has 2 rings (SSSR count). The number of carbonyl (C=O) groups excluding carboxylic acids is 1. The fraction of sp³-hybridized carbons (Fsp3) is 0.235. The van der Waals surface area contributed by atoms with Crippen LogP contribution in [0.2, 0.25) is 0 Å². The first-order valence-corrected chi connectivity index (χ1v) is 11.2. The molecule has 0 aliphatic heterocycles. The van der Waals surface area contributed by atoms with E-state index in [4.69, 9.17) is 0 Å². The lowest BCUT2D eigenvalue weighted by molar-refractivity contribution is -0.117. The highest BCUT2D eigenvalue weighted by Crippen LogP contribution is 2.27. The molecule has 152 valence electrons. The second-order valence-electron chi connectivity index (χ2n) is 5.85. The van der Waals surface area contributed by atoms with Crippen molar-refractivity contribution in [1.29, 1.82) is 0 Å². The number of rotatable bonds is 7. The lowest BCUT2D eigenvalue weighted by atomic mass is 10.2. The summed E-state index contributed by atoms with van der Waals surface area (Å²) in [6, 6.07) is 6.70. The molecule has 2 aromatic rings. The monoisotopic (exact) mass is 430 g/mol. The predicted molar refractivity (Wildman–Crippen MR) is 101 cm³/mol. The van der Waals surface area contributed by atoms with Crippen LogP contribution in [0.25, 0.3) is 0 Å².